The van der Waals surface area contributed by atoms with Crippen LogP contribution in [0, 0.1) is 5.92 Å². The second-order valence-corrected chi connectivity index (χ2v) is 6.89. The van der Waals surface area contributed by atoms with Crippen molar-refractivity contribution in [3.8, 4) is 11.5 Å². The smallest absolute Gasteiger partial charge is 0.316 e. The van der Waals surface area contributed by atoms with E-state index in [0.717, 1.165) is 21.5 Å². The minimum absolute atomic E-state index is 0.0912. The van der Waals surface area contributed by atoms with Gasteiger partial charge in [-0.15, -0.1) is 11.8 Å². The van der Waals surface area contributed by atoms with Gasteiger partial charge in [0.15, 0.2) is 11.5 Å². The van der Waals surface area contributed by atoms with Gasteiger partial charge in [0.1, 0.15) is 18.5 Å². The Hall–Kier alpha value is -0.880. The van der Waals surface area contributed by atoms with Crippen LogP contribution in [0.1, 0.15) is 19.4 Å². The van der Waals surface area contributed by atoms with Crippen LogP contribution < -0.4 is 9.47 Å². The maximum absolute atomic E-state index is 11.2. The van der Waals surface area contributed by atoms with Crippen molar-refractivity contribution in [2.75, 3.05) is 13.2 Å². The highest BCUT2D eigenvalue weighted by Crippen LogP contribution is 2.37. The maximum atomic E-state index is 11.2. The number of aliphatic carboxylic acids is 1. The molecule has 0 radical (unpaired) electrons. The van der Waals surface area contributed by atoms with E-state index in [0.29, 0.717) is 19.0 Å². The number of carbonyl (C=O) groups is 1. The molecule has 0 bridgehead atoms. The summed E-state index contributed by atoms with van der Waals surface area (Å²) in [5.41, 5.74) is 1.02. The van der Waals surface area contributed by atoms with E-state index in [4.69, 9.17) is 9.47 Å². The molecule has 4 nitrogen and oxygen atoms in total. The number of fused-ring (bicyclic) bond motifs is 1. The highest BCUT2D eigenvalue weighted by Gasteiger charge is 2.23. The summed E-state index contributed by atoms with van der Waals surface area (Å²) in [7, 11) is 0. The predicted molar refractivity (Wildman–Crippen MR) is 82.7 cm³/mol. The first-order valence-corrected chi connectivity index (χ1v) is 8.25. The fraction of sp³-hybridized carbons (Fsp3) is 0.500. The molecule has 1 aromatic carbocycles. The average molecular weight is 361 g/mol. The standard InChI is InChI=1S/C14H17BrO4S/c1-8(2)13(14(16)17)20-7-9-5-11-12(6-10(9)15)19-4-3-18-11/h5-6,8,13H,3-4,7H2,1-2H3,(H,16,17). The van der Waals surface area contributed by atoms with E-state index in [1.54, 1.807) is 0 Å². The first-order chi connectivity index (χ1) is 9.49. The lowest BCUT2D eigenvalue weighted by Crippen LogP contribution is -2.22. The molecule has 6 heteroatoms. The van der Waals surface area contributed by atoms with Crippen LogP contribution >= 0.6 is 27.7 Å². The van der Waals surface area contributed by atoms with Crippen molar-refractivity contribution in [1.29, 1.82) is 0 Å². The van der Waals surface area contributed by atoms with Crippen LogP contribution in [0.5, 0.6) is 11.5 Å². The third-order valence-corrected chi connectivity index (χ3v) is 5.30. The van der Waals surface area contributed by atoms with Gasteiger partial charge in [-0.2, -0.15) is 0 Å². The molecule has 1 aliphatic heterocycles. The largest absolute Gasteiger partial charge is 0.486 e. The molecular formula is C14H17BrO4S. The minimum atomic E-state index is -0.765. The Morgan fingerprint density at radius 2 is 1.95 bits per heavy atom. The van der Waals surface area contributed by atoms with E-state index in [1.165, 1.54) is 11.8 Å². The molecule has 1 N–H and O–H groups in total. The van der Waals surface area contributed by atoms with Gasteiger partial charge in [0.25, 0.3) is 0 Å². The van der Waals surface area contributed by atoms with E-state index in [2.05, 4.69) is 15.9 Å². The minimum Gasteiger partial charge on any atom is -0.486 e. The number of rotatable bonds is 5. The van der Waals surface area contributed by atoms with Crippen molar-refractivity contribution in [1.82, 2.24) is 0 Å². The fourth-order valence-corrected chi connectivity index (χ4v) is 3.72. The summed E-state index contributed by atoms with van der Waals surface area (Å²) in [6.07, 6.45) is 0. The monoisotopic (exact) mass is 360 g/mol. The Kier molecular flexibility index (Phi) is 5.21. The number of thioether (sulfide) groups is 1. The second kappa shape index (κ2) is 6.72. The second-order valence-electron chi connectivity index (χ2n) is 4.90. The average Bonchev–Trinajstić information content (AvgIpc) is 2.38. The van der Waals surface area contributed by atoms with Gasteiger partial charge in [-0.05, 0) is 23.6 Å². The number of carboxylic acid groups (broad SMARTS) is 1. The molecule has 1 aliphatic rings. The first kappa shape index (κ1) is 15.5. The SMILES string of the molecule is CC(C)C(SCc1cc2c(cc1Br)OCCO2)C(=O)O. The summed E-state index contributed by atoms with van der Waals surface area (Å²) in [4.78, 5) is 11.2. The Labute approximate surface area is 131 Å². The van der Waals surface area contributed by atoms with Crippen molar-refractivity contribution < 1.29 is 19.4 Å². The van der Waals surface area contributed by atoms with Crippen LogP contribution in [-0.4, -0.2) is 29.5 Å². The van der Waals surface area contributed by atoms with Gasteiger partial charge in [0.05, 0.1) is 0 Å². The molecule has 110 valence electrons. The molecule has 20 heavy (non-hydrogen) atoms. The Balaban J connectivity index is 2.11. The van der Waals surface area contributed by atoms with Crippen molar-refractivity contribution in [2.45, 2.75) is 24.9 Å². The molecule has 1 heterocycles. The quantitative estimate of drug-likeness (QED) is 0.869. The van der Waals surface area contributed by atoms with E-state index < -0.39 is 11.2 Å². The molecule has 0 amide bonds. The van der Waals surface area contributed by atoms with Crippen LogP contribution in [0.25, 0.3) is 0 Å². The number of hydrogen-bond donors (Lipinski definition) is 1. The Morgan fingerprint density at radius 3 is 2.50 bits per heavy atom. The molecule has 1 unspecified atom stereocenters. The van der Waals surface area contributed by atoms with E-state index in [-0.39, 0.29) is 5.92 Å². The highest BCUT2D eigenvalue weighted by molar-refractivity contribution is 9.10. The van der Waals surface area contributed by atoms with Crippen LogP contribution in [0.2, 0.25) is 0 Å². The third-order valence-electron chi connectivity index (χ3n) is 2.98. The van der Waals surface area contributed by atoms with Crippen molar-refractivity contribution in [3.05, 3.63) is 22.2 Å². The summed E-state index contributed by atoms with van der Waals surface area (Å²) in [5.74, 6) is 1.40. The molecular weight excluding hydrogens is 344 g/mol. The summed E-state index contributed by atoms with van der Waals surface area (Å²) >= 11 is 4.93. The number of hydrogen-bond acceptors (Lipinski definition) is 4. The van der Waals surface area contributed by atoms with Crippen molar-refractivity contribution in [3.63, 3.8) is 0 Å². The van der Waals surface area contributed by atoms with E-state index in [9.17, 15) is 9.90 Å². The fourth-order valence-electron chi connectivity index (χ4n) is 1.95. The van der Waals surface area contributed by atoms with E-state index >= 15 is 0 Å². The zero-order valence-corrected chi connectivity index (χ0v) is 13.8. The van der Waals surface area contributed by atoms with Gasteiger partial charge >= 0.3 is 5.97 Å². The summed E-state index contributed by atoms with van der Waals surface area (Å²) in [5, 5.41) is 8.80. The van der Waals surface area contributed by atoms with Gasteiger partial charge in [-0.1, -0.05) is 29.8 Å². The summed E-state index contributed by atoms with van der Waals surface area (Å²) in [6.45, 7) is 4.95. The summed E-state index contributed by atoms with van der Waals surface area (Å²) in [6, 6.07) is 3.81. The van der Waals surface area contributed by atoms with Crippen molar-refractivity contribution in [2.24, 2.45) is 5.92 Å². The molecule has 2 rings (SSSR count). The zero-order valence-electron chi connectivity index (χ0n) is 11.4. The number of carboxylic acids is 1. The van der Waals surface area contributed by atoms with Gasteiger partial charge in [0, 0.05) is 10.2 Å². The van der Waals surface area contributed by atoms with Crippen LogP contribution in [0.3, 0.4) is 0 Å². The Morgan fingerprint density at radius 1 is 1.35 bits per heavy atom. The normalized spacial score (nSPS) is 15.2. The zero-order chi connectivity index (χ0) is 14.7. The molecule has 0 spiro atoms. The van der Waals surface area contributed by atoms with Crippen LogP contribution in [-0.2, 0) is 10.5 Å². The molecule has 1 aromatic rings. The number of benzene rings is 1. The third kappa shape index (κ3) is 3.61. The predicted octanol–water partition coefficient (Wildman–Crippen LogP) is 3.56. The van der Waals surface area contributed by atoms with Gasteiger partial charge in [0.2, 0.25) is 0 Å². The van der Waals surface area contributed by atoms with Gasteiger partial charge in [-0.25, -0.2) is 0 Å². The molecule has 1 atom stereocenters. The molecule has 0 aliphatic carbocycles. The Bertz CT molecular complexity index is 504. The maximum Gasteiger partial charge on any atom is 0.316 e. The van der Waals surface area contributed by atoms with Crippen LogP contribution in [0.4, 0.5) is 0 Å². The topological polar surface area (TPSA) is 55.8 Å². The van der Waals surface area contributed by atoms with E-state index in [1.807, 2.05) is 26.0 Å². The summed E-state index contributed by atoms with van der Waals surface area (Å²) < 4.78 is 12.0. The van der Waals surface area contributed by atoms with Gasteiger partial charge in [-0.3, -0.25) is 4.79 Å². The number of halogens is 1. The lowest BCUT2D eigenvalue weighted by molar-refractivity contribution is -0.137. The van der Waals surface area contributed by atoms with Gasteiger partial charge < -0.3 is 14.6 Å². The highest BCUT2D eigenvalue weighted by atomic mass is 79.9. The molecule has 0 aromatic heterocycles. The first-order valence-electron chi connectivity index (χ1n) is 6.41. The molecule has 0 fully saturated rings. The lowest BCUT2D eigenvalue weighted by atomic mass is 10.1. The van der Waals surface area contributed by atoms with Crippen LogP contribution in [0.15, 0.2) is 16.6 Å². The van der Waals surface area contributed by atoms with Crippen molar-refractivity contribution >= 4 is 33.7 Å². The molecule has 0 saturated heterocycles. The lowest BCUT2D eigenvalue weighted by Gasteiger charge is -2.21. The number of ether oxygens (including phenoxy) is 2. The molecule has 0 saturated carbocycles.